The Morgan fingerprint density at radius 2 is 2.17 bits per heavy atom. The molecule has 0 amide bonds. The summed E-state index contributed by atoms with van der Waals surface area (Å²) in [5.74, 6) is 0.612. The van der Waals surface area contributed by atoms with Crippen molar-refractivity contribution in [2.45, 2.75) is 39.0 Å². The quantitative estimate of drug-likeness (QED) is 0.773. The highest BCUT2D eigenvalue weighted by Crippen LogP contribution is 2.20. The molecule has 0 saturated carbocycles. The van der Waals surface area contributed by atoms with Crippen molar-refractivity contribution < 1.29 is 8.95 Å². The highest BCUT2D eigenvalue weighted by molar-refractivity contribution is 7.85. The maximum absolute atomic E-state index is 12.1. The number of rotatable bonds is 5. The lowest BCUT2D eigenvalue weighted by Crippen LogP contribution is -2.20. The molecule has 6 nitrogen and oxygen atoms in total. The third-order valence-electron chi connectivity index (χ3n) is 2.85. The molecule has 0 radical (unpaired) electrons. The molecular formula is C15H20N4O2S2. The van der Waals surface area contributed by atoms with E-state index in [1.165, 1.54) is 11.5 Å². The second-order valence-corrected chi connectivity index (χ2v) is 8.59. The Morgan fingerprint density at radius 3 is 2.83 bits per heavy atom. The van der Waals surface area contributed by atoms with Gasteiger partial charge in [0.05, 0.1) is 22.8 Å². The summed E-state index contributed by atoms with van der Waals surface area (Å²) in [7, 11) is 0.319. The summed E-state index contributed by atoms with van der Waals surface area (Å²) >= 11 is 1.25. The lowest BCUT2D eigenvalue weighted by atomic mass is 10.2. The zero-order valence-corrected chi connectivity index (χ0v) is 15.5. The Hall–Kier alpha value is -1.51. The molecule has 0 aliphatic carbocycles. The Morgan fingerprint density at radius 1 is 1.43 bits per heavy atom. The van der Waals surface area contributed by atoms with Gasteiger partial charge >= 0.3 is 0 Å². The van der Waals surface area contributed by atoms with E-state index in [0.29, 0.717) is 23.2 Å². The number of hydrogen-bond donors (Lipinski definition) is 0. The Labute approximate surface area is 142 Å². The zero-order chi connectivity index (χ0) is 17.0. The van der Waals surface area contributed by atoms with Crippen LogP contribution in [0.3, 0.4) is 0 Å². The molecule has 124 valence electrons. The molecule has 2 rings (SSSR count). The minimum atomic E-state index is -1.31. The maximum atomic E-state index is 12.1. The van der Waals surface area contributed by atoms with Crippen LogP contribution >= 0.6 is 11.5 Å². The molecule has 23 heavy (non-hydrogen) atoms. The number of methoxy groups -OCH3 is 1. The summed E-state index contributed by atoms with van der Waals surface area (Å²) in [6, 6.07) is 3.75. The highest BCUT2D eigenvalue weighted by atomic mass is 32.2. The minimum absolute atomic E-state index is 0.394. The largest absolute Gasteiger partial charge is 0.378 e. The van der Waals surface area contributed by atoms with E-state index in [-0.39, 0.29) is 0 Å². The van der Waals surface area contributed by atoms with Crippen molar-refractivity contribution in [1.29, 1.82) is 0 Å². The molecule has 0 bridgehead atoms. The standard InChI is InChI=1S/C15H20N4O2S2/c1-10(19-23(20)15(2,3)4)14-17-13(18-22-14)11-6-7-16-12(8-11)9-21-5/h6-8H,9H2,1-5H3/b19-10+/t23-/m1/s1. The first-order chi connectivity index (χ1) is 10.8. The van der Waals surface area contributed by atoms with E-state index in [9.17, 15) is 4.21 Å². The molecule has 0 N–H and O–H groups in total. The van der Waals surface area contributed by atoms with Gasteiger partial charge in [0.25, 0.3) is 0 Å². The van der Waals surface area contributed by atoms with Crippen molar-refractivity contribution in [3.8, 4) is 11.4 Å². The molecule has 0 saturated heterocycles. The summed E-state index contributed by atoms with van der Waals surface area (Å²) in [5, 5.41) is 0.669. The molecule has 8 heteroatoms. The molecule has 0 fully saturated rings. The average molecular weight is 352 g/mol. The zero-order valence-electron chi connectivity index (χ0n) is 13.9. The van der Waals surface area contributed by atoms with Crippen molar-refractivity contribution in [1.82, 2.24) is 14.3 Å². The Bertz CT molecular complexity index is 735. The Kier molecular flexibility index (Phi) is 5.72. The van der Waals surface area contributed by atoms with Crippen LogP contribution in [0.4, 0.5) is 0 Å². The first-order valence-corrected chi connectivity index (χ1v) is 8.95. The van der Waals surface area contributed by atoms with Crippen LogP contribution in [-0.2, 0) is 22.3 Å². The van der Waals surface area contributed by atoms with Crippen LogP contribution in [0.2, 0.25) is 0 Å². The molecule has 0 aliphatic rings. The van der Waals surface area contributed by atoms with Crippen molar-refractivity contribution in [2.75, 3.05) is 7.11 Å². The lowest BCUT2D eigenvalue weighted by molar-refractivity contribution is 0.181. The second-order valence-electron chi connectivity index (χ2n) is 5.93. The van der Waals surface area contributed by atoms with Gasteiger partial charge in [0.15, 0.2) is 10.8 Å². The fourth-order valence-electron chi connectivity index (χ4n) is 1.63. The van der Waals surface area contributed by atoms with Gasteiger partial charge in [-0.2, -0.15) is 8.77 Å². The van der Waals surface area contributed by atoms with Crippen LogP contribution in [-0.4, -0.2) is 36.1 Å². The van der Waals surface area contributed by atoms with E-state index in [2.05, 4.69) is 18.7 Å². The SMILES string of the molecule is COCc1cc(-c2nsc(/C(C)=N/[S@](=O)C(C)(C)C)n2)ccn1. The monoisotopic (exact) mass is 352 g/mol. The van der Waals surface area contributed by atoms with E-state index in [1.807, 2.05) is 32.9 Å². The van der Waals surface area contributed by atoms with Gasteiger partial charge in [-0.25, -0.2) is 9.19 Å². The van der Waals surface area contributed by atoms with E-state index >= 15 is 0 Å². The summed E-state index contributed by atoms with van der Waals surface area (Å²) in [6.45, 7) is 7.91. The van der Waals surface area contributed by atoms with Crippen LogP contribution in [0.1, 0.15) is 38.4 Å². The second kappa shape index (κ2) is 7.37. The van der Waals surface area contributed by atoms with E-state index in [1.54, 1.807) is 20.2 Å². The van der Waals surface area contributed by atoms with Crippen LogP contribution in [0, 0.1) is 0 Å². The normalized spacial score (nSPS) is 14.0. The van der Waals surface area contributed by atoms with E-state index in [0.717, 1.165) is 11.3 Å². The van der Waals surface area contributed by atoms with Crippen LogP contribution in [0.15, 0.2) is 22.7 Å². The van der Waals surface area contributed by atoms with Crippen molar-refractivity contribution >= 4 is 28.2 Å². The molecule has 2 heterocycles. The maximum Gasteiger partial charge on any atom is 0.173 e. The van der Waals surface area contributed by atoms with Gasteiger partial charge < -0.3 is 4.74 Å². The topological polar surface area (TPSA) is 77.3 Å². The number of aromatic nitrogens is 3. The molecule has 0 aliphatic heterocycles. The first-order valence-electron chi connectivity index (χ1n) is 7.07. The summed E-state index contributed by atoms with van der Waals surface area (Å²) in [5.41, 5.74) is 2.33. The van der Waals surface area contributed by atoms with Crippen LogP contribution in [0.5, 0.6) is 0 Å². The fourth-order valence-corrected chi connectivity index (χ4v) is 2.92. The summed E-state index contributed by atoms with van der Waals surface area (Å²) in [4.78, 5) is 8.71. The molecule has 1 atom stereocenters. The van der Waals surface area contributed by atoms with E-state index < -0.39 is 15.7 Å². The minimum Gasteiger partial charge on any atom is -0.378 e. The molecule has 2 aromatic heterocycles. The highest BCUT2D eigenvalue weighted by Gasteiger charge is 2.20. The third-order valence-corrected chi connectivity index (χ3v) is 5.16. The predicted molar refractivity (Wildman–Crippen MR) is 94.0 cm³/mol. The number of nitrogens with zero attached hydrogens (tertiary/aromatic N) is 4. The predicted octanol–water partition coefficient (Wildman–Crippen LogP) is 3.02. The van der Waals surface area contributed by atoms with Gasteiger partial charge in [-0.1, -0.05) is 0 Å². The lowest BCUT2D eigenvalue weighted by Gasteiger charge is -2.13. The number of pyridine rings is 1. The number of hydrogen-bond acceptors (Lipinski definition) is 6. The fraction of sp³-hybridized carbons (Fsp3) is 0.467. The van der Waals surface area contributed by atoms with Gasteiger partial charge in [-0.05, 0) is 51.4 Å². The van der Waals surface area contributed by atoms with Crippen molar-refractivity contribution in [2.24, 2.45) is 4.40 Å². The van der Waals surface area contributed by atoms with E-state index in [4.69, 9.17) is 4.74 Å². The van der Waals surface area contributed by atoms with Crippen molar-refractivity contribution in [3.63, 3.8) is 0 Å². The van der Waals surface area contributed by atoms with Gasteiger partial charge in [0.1, 0.15) is 11.0 Å². The Balaban J connectivity index is 2.25. The molecular weight excluding hydrogens is 332 g/mol. The van der Waals surface area contributed by atoms with Gasteiger partial charge in [0, 0.05) is 18.9 Å². The van der Waals surface area contributed by atoms with Crippen LogP contribution < -0.4 is 0 Å². The molecule has 2 aromatic rings. The van der Waals surface area contributed by atoms with Gasteiger partial charge in [-0.3, -0.25) is 4.98 Å². The molecule has 0 aromatic carbocycles. The average Bonchev–Trinajstić information content (AvgIpc) is 2.97. The van der Waals surface area contributed by atoms with Crippen LogP contribution in [0.25, 0.3) is 11.4 Å². The molecule has 0 spiro atoms. The van der Waals surface area contributed by atoms with Gasteiger partial charge in [0.2, 0.25) is 0 Å². The summed E-state index contributed by atoms with van der Waals surface area (Å²) in [6.07, 6.45) is 1.71. The number of ether oxygens (including phenoxy) is 1. The summed E-state index contributed by atoms with van der Waals surface area (Å²) < 4.78 is 25.4. The smallest absolute Gasteiger partial charge is 0.173 e. The molecule has 0 unspecified atom stereocenters. The van der Waals surface area contributed by atoms with Gasteiger partial charge in [-0.15, -0.1) is 0 Å². The third kappa shape index (κ3) is 4.73. The van der Waals surface area contributed by atoms with Crippen molar-refractivity contribution in [3.05, 3.63) is 29.0 Å². The first kappa shape index (κ1) is 17.8.